The van der Waals surface area contributed by atoms with E-state index in [4.69, 9.17) is 4.99 Å². The van der Waals surface area contributed by atoms with Crippen LogP contribution in [0.2, 0.25) is 0 Å². The minimum atomic E-state index is -2.74. The van der Waals surface area contributed by atoms with Gasteiger partial charge in [-0.05, 0) is 143 Å². The number of benzene rings is 3. The fourth-order valence-corrected chi connectivity index (χ4v) is 5.71. The van der Waals surface area contributed by atoms with Gasteiger partial charge in [-0.2, -0.15) is 0 Å². The van der Waals surface area contributed by atoms with E-state index in [0.717, 1.165) is 46.2 Å². The van der Waals surface area contributed by atoms with Crippen molar-refractivity contribution in [3.63, 3.8) is 0 Å². The lowest BCUT2D eigenvalue weighted by Crippen LogP contribution is -2.34. The second-order valence-electron chi connectivity index (χ2n) is 13.3. The van der Waals surface area contributed by atoms with Crippen LogP contribution in [0.1, 0.15) is 35.0 Å². The monoisotopic (exact) mass is 728 g/mol. The summed E-state index contributed by atoms with van der Waals surface area (Å²) in [6, 6.07) is 28.1. The molecule has 8 heteroatoms. The molecular weight excluding hydrogens is 688 g/mol. The number of hydrogen-bond donors (Lipinski definition) is 0. The van der Waals surface area contributed by atoms with Crippen molar-refractivity contribution in [3.8, 4) is 0 Å². The topological polar surface area (TPSA) is 17.3 Å². The van der Waals surface area contributed by atoms with Gasteiger partial charge in [0.2, 0.25) is 0 Å². The average molecular weight is 728 g/mol. The highest BCUT2D eigenvalue weighted by Crippen LogP contribution is 2.36. The van der Waals surface area contributed by atoms with E-state index in [1.54, 1.807) is 18.2 Å². The number of nitrogens with zero attached hydrogens (tertiary/aromatic N) is 4. The van der Waals surface area contributed by atoms with Crippen molar-refractivity contribution in [2.45, 2.75) is 6.92 Å². The maximum atomic E-state index is 14.9. The number of aromatic nitrogens is 1. The first-order chi connectivity index (χ1) is 21.7. The lowest BCUT2D eigenvalue weighted by molar-refractivity contribution is 0.486. The zero-order valence-electron chi connectivity index (χ0n) is 27.5. The molecule has 1 aliphatic rings. The van der Waals surface area contributed by atoms with Crippen LogP contribution in [0.5, 0.6) is 0 Å². The molecule has 4 aromatic rings. The summed E-state index contributed by atoms with van der Waals surface area (Å²) in [4.78, 5) is 4.98. The van der Waals surface area contributed by atoms with Gasteiger partial charge >= 0.3 is 7.40 Å². The first-order valence-corrected chi connectivity index (χ1v) is 16.3. The standard InChI is InChI=1S/C38H40BF2IN4/c1-27-26-32(18-8-28-10-21-34(22-11-28)45(2,3)4)43-38(27)37(30-14-16-31(42)17-15-30)36-25-20-33(44(36)39(40)41)19-9-29-12-23-35(24-13-29)46(5,6)7/h8-26H,1-7H3/q+2/b18-8+,19-9-,38-37-. The highest BCUT2D eigenvalue weighted by atomic mass is 127. The van der Waals surface area contributed by atoms with Gasteiger partial charge in [0.15, 0.2) is 0 Å². The van der Waals surface area contributed by atoms with E-state index >= 15 is 0 Å². The van der Waals surface area contributed by atoms with Crippen molar-refractivity contribution in [1.82, 2.24) is 13.4 Å². The van der Waals surface area contributed by atoms with Crippen molar-refractivity contribution >= 4 is 70.9 Å². The van der Waals surface area contributed by atoms with Gasteiger partial charge in [0.1, 0.15) is 11.4 Å². The van der Waals surface area contributed by atoms with E-state index in [1.807, 2.05) is 67.6 Å². The van der Waals surface area contributed by atoms with Crippen LogP contribution in [-0.2, 0) is 0 Å². The summed E-state index contributed by atoms with van der Waals surface area (Å²) in [6.45, 7) is 1.98. The molecule has 0 saturated carbocycles. The van der Waals surface area contributed by atoms with Crippen LogP contribution in [0.15, 0.2) is 113 Å². The summed E-state index contributed by atoms with van der Waals surface area (Å²) in [6.07, 6.45) is 9.66. The lowest BCUT2D eigenvalue weighted by atomic mass is 9.96. The maximum Gasteiger partial charge on any atom is 0.678 e. The highest BCUT2D eigenvalue weighted by Gasteiger charge is 2.28. The molecule has 234 valence electrons. The highest BCUT2D eigenvalue weighted by molar-refractivity contribution is 14.1. The molecule has 0 N–H and O–H groups in total. The number of hydrogen-bond acceptors (Lipinski definition) is 1. The van der Waals surface area contributed by atoms with Gasteiger partial charge in [0.05, 0.1) is 53.7 Å². The molecule has 0 spiro atoms. The third-order valence-electron chi connectivity index (χ3n) is 7.98. The Morgan fingerprint density at radius 3 is 1.72 bits per heavy atom. The number of aliphatic imine (C=N–C) groups is 1. The van der Waals surface area contributed by atoms with Crippen molar-refractivity contribution in [2.75, 3.05) is 42.3 Å². The Balaban J connectivity index is 1.55. The summed E-state index contributed by atoms with van der Waals surface area (Å²) < 4.78 is 33.4. The van der Waals surface area contributed by atoms with Crippen LogP contribution in [0.4, 0.5) is 20.0 Å². The van der Waals surface area contributed by atoms with Crippen LogP contribution in [0.25, 0.3) is 23.8 Å². The van der Waals surface area contributed by atoms with Gasteiger partial charge in [-0.25, -0.2) is 4.99 Å². The first kappa shape index (κ1) is 33.5. The van der Waals surface area contributed by atoms with Gasteiger partial charge in [0, 0.05) is 20.5 Å². The van der Waals surface area contributed by atoms with E-state index < -0.39 is 7.40 Å². The van der Waals surface area contributed by atoms with Crippen molar-refractivity contribution in [1.29, 1.82) is 0 Å². The van der Waals surface area contributed by atoms with Gasteiger partial charge in [-0.1, -0.05) is 24.3 Å². The van der Waals surface area contributed by atoms with E-state index in [2.05, 4.69) is 101 Å². The molecule has 0 bridgehead atoms. The second kappa shape index (κ2) is 13.5. The van der Waals surface area contributed by atoms with Crippen LogP contribution in [0.3, 0.4) is 0 Å². The Kier molecular flexibility index (Phi) is 9.82. The Morgan fingerprint density at radius 2 is 1.22 bits per heavy atom. The summed E-state index contributed by atoms with van der Waals surface area (Å²) >= 11 is 2.26. The van der Waals surface area contributed by atoms with Crippen molar-refractivity contribution in [3.05, 3.63) is 140 Å². The van der Waals surface area contributed by atoms with Crippen molar-refractivity contribution in [2.24, 2.45) is 4.99 Å². The minimum Gasteiger partial charge on any atom is -0.325 e. The van der Waals surface area contributed by atoms with Crippen LogP contribution < -0.4 is 8.97 Å². The molecule has 5 rings (SSSR count). The minimum absolute atomic E-state index is 0.420. The summed E-state index contributed by atoms with van der Waals surface area (Å²) in [7, 11) is 10.00. The predicted octanol–water partition coefficient (Wildman–Crippen LogP) is 9.30. The molecule has 3 aromatic carbocycles. The second-order valence-corrected chi connectivity index (χ2v) is 14.5. The van der Waals surface area contributed by atoms with Crippen LogP contribution >= 0.6 is 22.6 Å². The Hall–Kier alpha value is -3.86. The zero-order valence-corrected chi connectivity index (χ0v) is 29.6. The quantitative estimate of drug-likeness (QED) is 0.0930. The molecule has 0 radical (unpaired) electrons. The summed E-state index contributed by atoms with van der Waals surface area (Å²) in [5, 5.41) is 0. The molecule has 1 aromatic heterocycles. The normalized spacial score (nSPS) is 15.1. The molecule has 0 unspecified atom stereocenters. The summed E-state index contributed by atoms with van der Waals surface area (Å²) in [5.41, 5.74) is 9.12. The molecule has 0 amide bonds. The molecule has 0 aliphatic carbocycles. The third kappa shape index (κ3) is 7.74. The van der Waals surface area contributed by atoms with E-state index in [9.17, 15) is 8.63 Å². The molecule has 4 nitrogen and oxygen atoms in total. The van der Waals surface area contributed by atoms with Gasteiger partial charge in [0.25, 0.3) is 0 Å². The Morgan fingerprint density at radius 1 is 0.696 bits per heavy atom. The zero-order chi connectivity index (χ0) is 33.2. The largest absolute Gasteiger partial charge is 0.678 e. The molecule has 2 heterocycles. The van der Waals surface area contributed by atoms with Crippen LogP contribution in [-0.4, -0.2) is 59.9 Å². The first-order valence-electron chi connectivity index (χ1n) is 15.2. The van der Waals surface area contributed by atoms with Gasteiger partial charge in [-0.15, -0.1) is 0 Å². The maximum absolute atomic E-state index is 14.9. The average Bonchev–Trinajstić information content (AvgIpc) is 3.59. The summed E-state index contributed by atoms with van der Waals surface area (Å²) in [5.74, 6) is 0. The number of allylic oxidation sites excluding steroid dienone is 3. The molecular formula is C38H40BF2IN4+2. The molecule has 46 heavy (non-hydrogen) atoms. The number of quaternary nitrogens is 2. The molecule has 1 aliphatic heterocycles. The number of halogens is 3. The Labute approximate surface area is 285 Å². The van der Waals surface area contributed by atoms with Gasteiger partial charge in [-0.3, -0.25) is 17.6 Å². The smallest absolute Gasteiger partial charge is 0.325 e. The Bertz CT molecular complexity index is 1870. The fraction of sp³-hybridized carbons (Fsp3) is 0.184. The van der Waals surface area contributed by atoms with E-state index in [1.165, 1.54) is 5.69 Å². The lowest BCUT2D eigenvalue weighted by Gasteiger charge is -2.23. The predicted molar refractivity (Wildman–Crippen MR) is 204 cm³/mol. The van der Waals surface area contributed by atoms with Gasteiger partial charge < -0.3 is 4.48 Å². The number of rotatable bonds is 9. The molecule has 0 saturated heterocycles. The van der Waals surface area contributed by atoms with Crippen molar-refractivity contribution < 1.29 is 8.63 Å². The molecule has 0 fully saturated rings. The fourth-order valence-electron chi connectivity index (χ4n) is 5.35. The molecule has 0 atom stereocenters. The van der Waals surface area contributed by atoms with E-state index in [-0.39, 0.29) is 0 Å². The third-order valence-corrected chi connectivity index (χ3v) is 8.70. The SMILES string of the molecule is CC1=CC(/C=C/c2ccc([N+](C)(C)C)cc2)=NC/1=C(/c1ccc(I)cc1)c1ccc(/C=C\c2ccc([N+](C)(C)C)cc2)n1B(F)F. The van der Waals surface area contributed by atoms with E-state index in [0.29, 0.717) is 27.1 Å². The van der Waals surface area contributed by atoms with Crippen LogP contribution in [0, 0.1) is 3.57 Å².